The number of hydrogen-bond donors (Lipinski definition) is 1. The summed E-state index contributed by atoms with van der Waals surface area (Å²) < 4.78 is 1.95. The first-order chi connectivity index (χ1) is 9.79. The minimum atomic E-state index is 0.314. The Bertz CT molecular complexity index is 701. The lowest BCUT2D eigenvalue weighted by Gasteiger charge is -2.13. The van der Waals surface area contributed by atoms with Crippen LogP contribution in [0.2, 0.25) is 0 Å². The van der Waals surface area contributed by atoms with Crippen LogP contribution in [0.4, 0.5) is 0 Å². The van der Waals surface area contributed by atoms with Gasteiger partial charge in [-0.25, -0.2) is 0 Å². The van der Waals surface area contributed by atoms with Gasteiger partial charge in [-0.3, -0.25) is 4.68 Å². The summed E-state index contributed by atoms with van der Waals surface area (Å²) in [5.74, 6) is 0.314. The fraction of sp³-hybridized carbons (Fsp3) is 0.235. The Morgan fingerprint density at radius 2 is 1.75 bits per heavy atom. The van der Waals surface area contributed by atoms with E-state index in [-0.39, 0.29) is 0 Å². The molecule has 0 spiro atoms. The Kier molecular flexibility index (Phi) is 3.52. The predicted molar refractivity (Wildman–Crippen MR) is 82.7 cm³/mol. The largest absolute Gasteiger partial charge is 0.330 e. The molecule has 0 aliphatic carbocycles. The molecule has 0 fully saturated rings. The number of para-hydroxylation sites is 1. The lowest BCUT2D eigenvalue weighted by atomic mass is 9.93. The minimum absolute atomic E-state index is 0.314. The maximum absolute atomic E-state index is 5.97. The summed E-state index contributed by atoms with van der Waals surface area (Å²) in [4.78, 5) is 0. The van der Waals surface area contributed by atoms with Crippen molar-refractivity contribution in [2.75, 3.05) is 6.54 Å². The fourth-order valence-electron chi connectivity index (χ4n) is 2.74. The average Bonchev–Trinajstić information content (AvgIpc) is 2.82. The Hall–Kier alpha value is -2.13. The van der Waals surface area contributed by atoms with Crippen molar-refractivity contribution in [3.05, 3.63) is 65.9 Å². The second kappa shape index (κ2) is 5.47. The summed E-state index contributed by atoms with van der Waals surface area (Å²) >= 11 is 0. The number of aromatic nitrogens is 2. The second-order valence-electron chi connectivity index (χ2n) is 5.13. The maximum atomic E-state index is 5.97. The zero-order valence-corrected chi connectivity index (χ0v) is 11.7. The van der Waals surface area contributed by atoms with E-state index in [1.54, 1.807) is 0 Å². The normalized spacial score (nSPS) is 12.7. The number of fused-ring (bicyclic) bond motifs is 1. The van der Waals surface area contributed by atoms with Gasteiger partial charge in [-0.2, -0.15) is 5.10 Å². The number of aryl methyl sites for hydroxylation is 1. The van der Waals surface area contributed by atoms with Crippen LogP contribution in [0.15, 0.2) is 54.6 Å². The van der Waals surface area contributed by atoms with E-state index in [2.05, 4.69) is 47.6 Å². The van der Waals surface area contributed by atoms with Gasteiger partial charge < -0.3 is 5.73 Å². The molecule has 102 valence electrons. The predicted octanol–water partition coefficient (Wildman–Crippen LogP) is 2.86. The second-order valence-corrected chi connectivity index (χ2v) is 5.13. The first kappa shape index (κ1) is 12.9. The number of hydrogen-bond acceptors (Lipinski definition) is 2. The van der Waals surface area contributed by atoms with Gasteiger partial charge in [0, 0.05) is 24.8 Å². The molecular weight excluding hydrogens is 246 g/mol. The van der Waals surface area contributed by atoms with E-state index >= 15 is 0 Å². The monoisotopic (exact) mass is 265 g/mol. The average molecular weight is 265 g/mol. The van der Waals surface area contributed by atoms with Crippen LogP contribution < -0.4 is 5.73 Å². The standard InChI is InChI=1S/C17H19N3/c1-20-17-10-6-5-9-15(17)16(19-20)11-14(12-18)13-7-3-2-4-8-13/h2-10,14H,11-12,18H2,1H3. The molecule has 3 rings (SSSR count). The molecule has 0 radical (unpaired) electrons. The molecule has 0 aliphatic rings. The highest BCUT2D eigenvalue weighted by Gasteiger charge is 2.15. The van der Waals surface area contributed by atoms with Gasteiger partial charge in [-0.15, -0.1) is 0 Å². The summed E-state index contributed by atoms with van der Waals surface area (Å²) in [6, 6.07) is 18.8. The van der Waals surface area contributed by atoms with Crippen molar-refractivity contribution in [2.24, 2.45) is 12.8 Å². The van der Waals surface area contributed by atoms with Gasteiger partial charge in [-0.05, 0) is 18.2 Å². The molecule has 0 bridgehead atoms. The number of nitrogens with two attached hydrogens (primary N) is 1. The van der Waals surface area contributed by atoms with Crippen molar-refractivity contribution in [1.82, 2.24) is 9.78 Å². The number of benzene rings is 2. The van der Waals surface area contributed by atoms with Crippen LogP contribution in [0.1, 0.15) is 17.2 Å². The third-order valence-corrected chi connectivity index (χ3v) is 3.83. The maximum Gasteiger partial charge on any atom is 0.0709 e. The molecule has 0 amide bonds. The van der Waals surface area contributed by atoms with Gasteiger partial charge in [0.05, 0.1) is 11.2 Å². The van der Waals surface area contributed by atoms with Gasteiger partial charge in [0.2, 0.25) is 0 Å². The summed E-state index contributed by atoms with van der Waals surface area (Å²) in [5.41, 5.74) is 9.55. The Morgan fingerprint density at radius 3 is 2.50 bits per heavy atom. The number of rotatable bonds is 4. The Morgan fingerprint density at radius 1 is 1.05 bits per heavy atom. The van der Waals surface area contributed by atoms with Crippen molar-refractivity contribution in [3.63, 3.8) is 0 Å². The molecule has 0 saturated carbocycles. The molecule has 2 N–H and O–H groups in total. The zero-order valence-electron chi connectivity index (χ0n) is 11.7. The smallest absolute Gasteiger partial charge is 0.0709 e. The van der Waals surface area contributed by atoms with Crippen LogP contribution in [0.25, 0.3) is 10.9 Å². The topological polar surface area (TPSA) is 43.8 Å². The molecule has 1 unspecified atom stereocenters. The highest BCUT2D eigenvalue weighted by atomic mass is 15.3. The van der Waals surface area contributed by atoms with Crippen LogP contribution in [0.5, 0.6) is 0 Å². The summed E-state index contributed by atoms with van der Waals surface area (Å²) in [5, 5.41) is 5.89. The van der Waals surface area contributed by atoms with E-state index in [4.69, 9.17) is 5.73 Å². The third-order valence-electron chi connectivity index (χ3n) is 3.83. The van der Waals surface area contributed by atoms with E-state index in [1.807, 2.05) is 23.9 Å². The van der Waals surface area contributed by atoms with E-state index in [1.165, 1.54) is 16.5 Å². The van der Waals surface area contributed by atoms with Gasteiger partial charge >= 0.3 is 0 Å². The van der Waals surface area contributed by atoms with E-state index in [9.17, 15) is 0 Å². The molecule has 3 aromatic rings. The molecule has 0 saturated heterocycles. The first-order valence-electron chi connectivity index (χ1n) is 6.95. The molecule has 1 atom stereocenters. The molecular formula is C17H19N3. The highest BCUT2D eigenvalue weighted by Crippen LogP contribution is 2.24. The molecule has 2 aromatic carbocycles. The van der Waals surface area contributed by atoms with Gasteiger partial charge in [-0.1, -0.05) is 48.5 Å². The van der Waals surface area contributed by atoms with Crippen LogP contribution >= 0.6 is 0 Å². The first-order valence-corrected chi connectivity index (χ1v) is 6.95. The molecule has 0 aliphatic heterocycles. The molecule has 20 heavy (non-hydrogen) atoms. The van der Waals surface area contributed by atoms with Crippen molar-refractivity contribution < 1.29 is 0 Å². The van der Waals surface area contributed by atoms with Crippen molar-refractivity contribution >= 4 is 10.9 Å². The fourth-order valence-corrected chi connectivity index (χ4v) is 2.74. The lowest BCUT2D eigenvalue weighted by Crippen LogP contribution is -2.15. The minimum Gasteiger partial charge on any atom is -0.330 e. The van der Waals surface area contributed by atoms with Gasteiger partial charge in [0.15, 0.2) is 0 Å². The van der Waals surface area contributed by atoms with Crippen molar-refractivity contribution in [3.8, 4) is 0 Å². The Labute approximate surface area is 119 Å². The van der Waals surface area contributed by atoms with Crippen LogP contribution in [-0.4, -0.2) is 16.3 Å². The lowest BCUT2D eigenvalue weighted by molar-refractivity contribution is 0.665. The van der Waals surface area contributed by atoms with E-state index in [0.29, 0.717) is 12.5 Å². The number of nitrogens with zero attached hydrogens (tertiary/aromatic N) is 2. The van der Waals surface area contributed by atoms with E-state index < -0.39 is 0 Å². The molecule has 1 heterocycles. The van der Waals surface area contributed by atoms with Gasteiger partial charge in [0.1, 0.15) is 0 Å². The van der Waals surface area contributed by atoms with E-state index in [0.717, 1.165) is 12.1 Å². The quantitative estimate of drug-likeness (QED) is 0.788. The third kappa shape index (κ3) is 2.32. The summed E-state index contributed by atoms with van der Waals surface area (Å²) in [7, 11) is 1.99. The van der Waals surface area contributed by atoms with Crippen LogP contribution in [0, 0.1) is 0 Å². The van der Waals surface area contributed by atoms with Crippen molar-refractivity contribution in [1.29, 1.82) is 0 Å². The summed E-state index contributed by atoms with van der Waals surface area (Å²) in [6.45, 7) is 0.634. The SMILES string of the molecule is Cn1nc(CC(CN)c2ccccc2)c2ccccc21. The zero-order chi connectivity index (χ0) is 13.9. The van der Waals surface area contributed by atoms with Crippen LogP contribution in [0.3, 0.4) is 0 Å². The van der Waals surface area contributed by atoms with Crippen LogP contribution in [-0.2, 0) is 13.5 Å². The summed E-state index contributed by atoms with van der Waals surface area (Å²) in [6.07, 6.45) is 0.877. The van der Waals surface area contributed by atoms with Crippen molar-refractivity contribution in [2.45, 2.75) is 12.3 Å². The molecule has 1 aromatic heterocycles. The Balaban J connectivity index is 1.96. The molecule has 3 nitrogen and oxygen atoms in total. The molecule has 3 heteroatoms. The van der Waals surface area contributed by atoms with Gasteiger partial charge in [0.25, 0.3) is 0 Å². The highest BCUT2D eigenvalue weighted by molar-refractivity contribution is 5.81.